The van der Waals surface area contributed by atoms with Gasteiger partial charge in [-0.3, -0.25) is 0 Å². The molecule has 2 fully saturated rings. The van der Waals surface area contributed by atoms with Gasteiger partial charge in [-0.2, -0.15) is 0 Å². The Morgan fingerprint density at radius 1 is 1.44 bits per heavy atom. The molecule has 3 N–H and O–H groups in total. The molecular weight excluding hydrogens is 200 g/mol. The van der Waals surface area contributed by atoms with Crippen LogP contribution in [0.2, 0.25) is 0 Å². The number of fused-ring (bicyclic) bond motifs is 1. The molecule has 0 bridgehead atoms. The average molecular weight is 218 g/mol. The largest absolute Gasteiger partial charge is 0.399 e. The Hall–Kier alpha value is -1.06. The molecule has 86 valence electrons. The summed E-state index contributed by atoms with van der Waals surface area (Å²) in [5.41, 5.74) is 7.84. The highest BCUT2D eigenvalue weighted by molar-refractivity contribution is 5.48. The number of nitrogens with zero attached hydrogens (tertiary/aromatic N) is 1. The second-order valence-corrected chi connectivity index (χ2v) is 5.26. The number of anilines is 1. The number of nitrogens with two attached hydrogens (primary N) is 1. The van der Waals surface area contributed by atoms with Crippen molar-refractivity contribution in [3.05, 3.63) is 29.8 Å². The van der Waals surface area contributed by atoms with Gasteiger partial charge < -0.3 is 15.7 Å². The summed E-state index contributed by atoms with van der Waals surface area (Å²) in [5, 5.41) is 9.73. The van der Waals surface area contributed by atoms with Crippen molar-refractivity contribution in [2.75, 3.05) is 32.5 Å². The molecule has 3 rings (SSSR count). The van der Waals surface area contributed by atoms with Crippen molar-refractivity contribution in [1.29, 1.82) is 0 Å². The first-order valence-electron chi connectivity index (χ1n) is 5.84. The van der Waals surface area contributed by atoms with Crippen LogP contribution in [0.15, 0.2) is 24.3 Å². The SMILES string of the molecule is CN1C[C@@H]2[C@H](C1)C2(CO)c1cccc(N)c1. The number of hydrogen-bond acceptors (Lipinski definition) is 3. The molecule has 1 aromatic rings. The van der Waals surface area contributed by atoms with Crippen LogP contribution in [0.5, 0.6) is 0 Å². The van der Waals surface area contributed by atoms with Crippen molar-refractivity contribution in [3.8, 4) is 0 Å². The fourth-order valence-corrected chi connectivity index (χ4v) is 3.51. The molecule has 16 heavy (non-hydrogen) atoms. The van der Waals surface area contributed by atoms with Gasteiger partial charge in [0.1, 0.15) is 0 Å². The van der Waals surface area contributed by atoms with E-state index >= 15 is 0 Å². The van der Waals surface area contributed by atoms with Crippen LogP contribution in [-0.4, -0.2) is 36.8 Å². The minimum atomic E-state index is 0.00187. The summed E-state index contributed by atoms with van der Waals surface area (Å²) in [6, 6.07) is 8.01. The molecule has 1 unspecified atom stereocenters. The molecule has 0 radical (unpaired) electrons. The third-order valence-electron chi connectivity index (χ3n) is 4.40. The number of piperidine rings is 1. The number of nitrogen functional groups attached to an aromatic ring is 1. The van der Waals surface area contributed by atoms with Gasteiger partial charge >= 0.3 is 0 Å². The number of benzene rings is 1. The zero-order valence-corrected chi connectivity index (χ0v) is 9.56. The molecule has 1 aliphatic carbocycles. The smallest absolute Gasteiger partial charge is 0.0534 e. The van der Waals surface area contributed by atoms with Crippen LogP contribution in [0.3, 0.4) is 0 Å². The molecule has 3 atom stereocenters. The molecule has 0 aromatic heterocycles. The zero-order chi connectivity index (χ0) is 11.3. The van der Waals surface area contributed by atoms with Crippen LogP contribution in [0.25, 0.3) is 0 Å². The van der Waals surface area contributed by atoms with E-state index in [1.165, 1.54) is 5.56 Å². The van der Waals surface area contributed by atoms with Gasteiger partial charge in [0.2, 0.25) is 0 Å². The quantitative estimate of drug-likeness (QED) is 0.718. The van der Waals surface area contributed by atoms with Gasteiger partial charge in [-0.25, -0.2) is 0 Å². The summed E-state index contributed by atoms with van der Waals surface area (Å²) >= 11 is 0. The molecule has 0 spiro atoms. The Balaban J connectivity index is 1.94. The maximum atomic E-state index is 9.73. The van der Waals surface area contributed by atoms with E-state index in [9.17, 15) is 5.11 Å². The Bertz CT molecular complexity index is 406. The molecule has 3 heteroatoms. The van der Waals surface area contributed by atoms with Gasteiger partial charge in [0.15, 0.2) is 0 Å². The standard InChI is InChI=1S/C13H18N2O/c1-15-6-11-12(7-15)13(11,8-16)9-3-2-4-10(14)5-9/h2-5,11-12,16H,6-8,14H2,1H3/t11-,12+,13?. The van der Waals surface area contributed by atoms with E-state index in [2.05, 4.69) is 18.0 Å². The number of aliphatic hydroxyl groups is 1. The van der Waals surface area contributed by atoms with E-state index in [1.54, 1.807) is 0 Å². The Kier molecular flexibility index (Phi) is 2.03. The van der Waals surface area contributed by atoms with Gasteiger partial charge in [-0.15, -0.1) is 0 Å². The lowest BCUT2D eigenvalue weighted by molar-refractivity contribution is 0.209. The number of hydrogen-bond donors (Lipinski definition) is 2. The third-order valence-corrected chi connectivity index (χ3v) is 4.40. The minimum absolute atomic E-state index is 0.00187. The first-order chi connectivity index (χ1) is 7.68. The van der Waals surface area contributed by atoms with Crippen LogP contribution in [0.1, 0.15) is 5.56 Å². The molecule has 0 amide bonds. The maximum absolute atomic E-state index is 9.73. The number of aliphatic hydroxyl groups excluding tert-OH is 1. The van der Waals surface area contributed by atoms with Crippen molar-refractivity contribution >= 4 is 5.69 Å². The topological polar surface area (TPSA) is 49.5 Å². The summed E-state index contributed by atoms with van der Waals surface area (Å²) in [6.07, 6.45) is 0. The third kappa shape index (κ3) is 1.16. The normalized spacial score (nSPS) is 37.4. The predicted molar refractivity (Wildman–Crippen MR) is 64.1 cm³/mol. The molecule has 1 aliphatic heterocycles. The molecule has 1 saturated heterocycles. The summed E-state index contributed by atoms with van der Waals surface area (Å²) in [5.74, 6) is 1.23. The number of likely N-dealkylation sites (tertiary alicyclic amines) is 1. The lowest BCUT2D eigenvalue weighted by Crippen LogP contribution is -2.29. The average Bonchev–Trinajstić information content (AvgIpc) is 2.66. The van der Waals surface area contributed by atoms with E-state index < -0.39 is 0 Å². The van der Waals surface area contributed by atoms with Crippen molar-refractivity contribution in [1.82, 2.24) is 4.90 Å². The van der Waals surface area contributed by atoms with E-state index in [4.69, 9.17) is 5.73 Å². The summed E-state index contributed by atoms with van der Waals surface area (Å²) in [4.78, 5) is 2.34. The molecule has 3 nitrogen and oxygen atoms in total. The van der Waals surface area contributed by atoms with Crippen molar-refractivity contribution in [3.63, 3.8) is 0 Å². The number of rotatable bonds is 2. The molecule has 1 heterocycles. The monoisotopic (exact) mass is 218 g/mol. The van der Waals surface area contributed by atoms with E-state index in [0.717, 1.165) is 18.8 Å². The molecule has 1 aromatic carbocycles. The van der Waals surface area contributed by atoms with Crippen LogP contribution in [0, 0.1) is 11.8 Å². The summed E-state index contributed by atoms with van der Waals surface area (Å²) in [7, 11) is 2.15. The first kappa shape index (κ1) is 10.1. The van der Waals surface area contributed by atoms with Crippen LogP contribution in [0.4, 0.5) is 5.69 Å². The van der Waals surface area contributed by atoms with Crippen LogP contribution in [-0.2, 0) is 5.41 Å². The Morgan fingerprint density at radius 2 is 2.12 bits per heavy atom. The molecule has 2 aliphatic rings. The minimum Gasteiger partial charge on any atom is -0.399 e. The van der Waals surface area contributed by atoms with Gasteiger partial charge in [0.05, 0.1) is 6.61 Å². The second kappa shape index (κ2) is 3.22. The van der Waals surface area contributed by atoms with Gasteiger partial charge in [0, 0.05) is 24.2 Å². The highest BCUT2D eigenvalue weighted by Gasteiger charge is 2.67. The van der Waals surface area contributed by atoms with Crippen LogP contribution >= 0.6 is 0 Å². The second-order valence-electron chi connectivity index (χ2n) is 5.26. The first-order valence-corrected chi connectivity index (χ1v) is 5.84. The Morgan fingerprint density at radius 3 is 2.69 bits per heavy atom. The zero-order valence-electron chi connectivity index (χ0n) is 9.56. The predicted octanol–water partition coefficient (Wildman–Crippen LogP) is 0.690. The van der Waals surface area contributed by atoms with Crippen molar-refractivity contribution in [2.24, 2.45) is 11.8 Å². The highest BCUT2D eigenvalue weighted by atomic mass is 16.3. The maximum Gasteiger partial charge on any atom is 0.0534 e. The molecular formula is C13H18N2O. The van der Waals surface area contributed by atoms with E-state index in [0.29, 0.717) is 11.8 Å². The van der Waals surface area contributed by atoms with Gasteiger partial charge in [-0.1, -0.05) is 12.1 Å². The van der Waals surface area contributed by atoms with Crippen molar-refractivity contribution < 1.29 is 5.11 Å². The van der Waals surface area contributed by atoms with E-state index in [-0.39, 0.29) is 12.0 Å². The fraction of sp³-hybridized carbons (Fsp3) is 0.538. The summed E-state index contributed by atoms with van der Waals surface area (Å²) in [6.45, 7) is 2.44. The van der Waals surface area contributed by atoms with Crippen molar-refractivity contribution in [2.45, 2.75) is 5.41 Å². The lowest BCUT2D eigenvalue weighted by atomic mass is 9.90. The summed E-state index contributed by atoms with van der Waals surface area (Å²) < 4.78 is 0. The highest BCUT2D eigenvalue weighted by Crippen LogP contribution is 2.63. The molecule has 1 saturated carbocycles. The van der Waals surface area contributed by atoms with E-state index in [1.807, 2.05) is 18.2 Å². The fourth-order valence-electron chi connectivity index (χ4n) is 3.51. The van der Waals surface area contributed by atoms with Crippen LogP contribution < -0.4 is 5.73 Å². The van der Waals surface area contributed by atoms with Gasteiger partial charge in [0.25, 0.3) is 0 Å². The van der Waals surface area contributed by atoms with Gasteiger partial charge in [-0.05, 0) is 36.6 Å². The Labute approximate surface area is 95.9 Å². The lowest BCUT2D eigenvalue weighted by Gasteiger charge is -2.23.